The van der Waals surface area contributed by atoms with Crippen LogP contribution in [0.2, 0.25) is 0 Å². The molecule has 0 saturated carbocycles. The maximum absolute atomic E-state index is 11.7. The largest absolute Gasteiger partial charge is 0.505 e. The molecule has 222 valence electrons. The summed E-state index contributed by atoms with van der Waals surface area (Å²) in [6.45, 7) is 0.742. The molecule has 0 aliphatic heterocycles. The third-order valence-electron chi connectivity index (χ3n) is 6.65. The maximum Gasteiger partial charge on any atom is 0.328 e. The minimum atomic E-state index is -1.03. The van der Waals surface area contributed by atoms with Crippen LogP contribution < -0.4 is 15.5 Å². The van der Waals surface area contributed by atoms with Crippen molar-refractivity contribution in [3.63, 3.8) is 0 Å². The molecule has 1 amide bonds. The normalized spacial score (nSPS) is 11.1. The Morgan fingerprint density at radius 1 is 1.00 bits per heavy atom. The van der Waals surface area contributed by atoms with Gasteiger partial charge >= 0.3 is 5.97 Å². The molecule has 0 atom stereocenters. The molecule has 43 heavy (non-hydrogen) atoms. The van der Waals surface area contributed by atoms with Gasteiger partial charge in [0.2, 0.25) is 5.91 Å². The second-order valence-electron chi connectivity index (χ2n) is 9.62. The molecule has 0 aliphatic carbocycles. The lowest BCUT2D eigenvalue weighted by molar-refractivity contribution is -0.383. The maximum atomic E-state index is 11.7. The van der Waals surface area contributed by atoms with Gasteiger partial charge in [0, 0.05) is 49.0 Å². The summed E-state index contributed by atoms with van der Waals surface area (Å²) in [7, 11) is 0. The fourth-order valence-corrected chi connectivity index (χ4v) is 4.50. The summed E-state index contributed by atoms with van der Waals surface area (Å²) in [5, 5.41) is 43.4. The van der Waals surface area contributed by atoms with Crippen molar-refractivity contribution in [1.29, 1.82) is 0 Å². The summed E-state index contributed by atoms with van der Waals surface area (Å²) in [6.07, 6.45) is 5.30. The molecule has 0 spiro atoms. The number of ether oxygens (including phenoxy) is 1. The van der Waals surface area contributed by atoms with E-state index >= 15 is 0 Å². The van der Waals surface area contributed by atoms with Gasteiger partial charge in [0.05, 0.1) is 16.9 Å². The molecular formula is C31H30N4O8. The third-order valence-corrected chi connectivity index (χ3v) is 6.65. The number of hydroxylamine groups is 1. The number of phenols is 1. The van der Waals surface area contributed by atoms with Gasteiger partial charge in [0.15, 0.2) is 0 Å². The van der Waals surface area contributed by atoms with Crippen molar-refractivity contribution < 1.29 is 34.7 Å². The predicted octanol–water partition coefficient (Wildman–Crippen LogP) is 4.96. The second kappa shape index (κ2) is 14.5. The molecule has 12 heteroatoms. The topological polar surface area (TPSA) is 184 Å². The first-order valence-corrected chi connectivity index (χ1v) is 13.4. The molecule has 0 radical (unpaired) electrons. The highest BCUT2D eigenvalue weighted by Crippen LogP contribution is 2.34. The van der Waals surface area contributed by atoms with Crippen LogP contribution in [0.15, 0.2) is 72.9 Å². The number of rotatable bonds is 14. The minimum Gasteiger partial charge on any atom is -0.505 e. The Bertz CT molecular complexity index is 1650. The van der Waals surface area contributed by atoms with Gasteiger partial charge in [-0.3, -0.25) is 25.1 Å². The van der Waals surface area contributed by atoms with Crippen LogP contribution in [-0.4, -0.2) is 43.8 Å². The van der Waals surface area contributed by atoms with Crippen LogP contribution in [0, 0.1) is 10.1 Å². The number of aromatic hydroxyl groups is 1. The van der Waals surface area contributed by atoms with E-state index in [0.29, 0.717) is 37.3 Å². The average Bonchev–Trinajstić information content (AvgIpc) is 3.01. The van der Waals surface area contributed by atoms with E-state index < -0.39 is 16.8 Å². The first-order chi connectivity index (χ1) is 20.8. The number of carboxylic acids is 1. The van der Waals surface area contributed by atoms with E-state index in [4.69, 9.17) is 15.1 Å². The number of hydrogen-bond donors (Lipinski definition) is 5. The van der Waals surface area contributed by atoms with E-state index in [1.54, 1.807) is 11.5 Å². The molecule has 3 aromatic carbocycles. The number of hydrogen-bond acceptors (Lipinski definition) is 9. The van der Waals surface area contributed by atoms with Gasteiger partial charge in [-0.25, -0.2) is 10.3 Å². The molecule has 0 saturated heterocycles. The number of unbranched alkanes of at least 4 members (excludes halogenated alkanes) is 1. The van der Waals surface area contributed by atoms with E-state index in [2.05, 4.69) is 10.3 Å². The fraction of sp³-hybridized carbons (Fsp3) is 0.194. The van der Waals surface area contributed by atoms with E-state index in [0.717, 1.165) is 28.3 Å². The van der Waals surface area contributed by atoms with Crippen LogP contribution in [0.5, 0.6) is 11.5 Å². The summed E-state index contributed by atoms with van der Waals surface area (Å²) < 4.78 is 6.00. The molecular weight excluding hydrogens is 556 g/mol. The van der Waals surface area contributed by atoms with Crippen LogP contribution in [0.4, 0.5) is 5.69 Å². The lowest BCUT2D eigenvalue weighted by Crippen LogP contribution is -2.18. The van der Waals surface area contributed by atoms with Crippen molar-refractivity contribution in [1.82, 2.24) is 15.8 Å². The number of carbonyl (C=O) groups is 2. The highest BCUT2D eigenvalue weighted by Gasteiger charge is 2.19. The summed E-state index contributed by atoms with van der Waals surface area (Å²) in [5.74, 6) is -1.04. The Labute approximate surface area is 246 Å². The van der Waals surface area contributed by atoms with Gasteiger partial charge in [0.25, 0.3) is 5.69 Å². The number of nitrogens with one attached hydrogen (secondary N) is 2. The zero-order chi connectivity index (χ0) is 30.8. The first kappa shape index (κ1) is 30.6. The number of amides is 1. The molecule has 1 heterocycles. The Morgan fingerprint density at radius 3 is 2.47 bits per heavy atom. The number of non-ortho nitro benzene ring substituents is 1. The van der Waals surface area contributed by atoms with E-state index in [-0.39, 0.29) is 35.3 Å². The van der Waals surface area contributed by atoms with Crippen LogP contribution in [0.1, 0.15) is 36.0 Å². The monoisotopic (exact) mass is 586 g/mol. The first-order valence-electron chi connectivity index (χ1n) is 13.4. The van der Waals surface area contributed by atoms with Gasteiger partial charge in [0.1, 0.15) is 17.0 Å². The van der Waals surface area contributed by atoms with Crippen molar-refractivity contribution in [3.8, 4) is 22.6 Å². The van der Waals surface area contributed by atoms with E-state index in [9.17, 15) is 24.8 Å². The number of carbonyl (C=O) groups excluding carboxylic acids is 1. The minimum absolute atomic E-state index is 0.115. The number of aromatic nitrogens is 1. The Balaban J connectivity index is 1.54. The highest BCUT2D eigenvalue weighted by molar-refractivity contribution is 5.93. The van der Waals surface area contributed by atoms with Gasteiger partial charge < -0.3 is 20.3 Å². The van der Waals surface area contributed by atoms with Crippen LogP contribution in [0.25, 0.3) is 28.1 Å². The third kappa shape index (κ3) is 8.12. The molecule has 0 aliphatic rings. The number of fused-ring (bicyclic) bond motifs is 1. The molecule has 5 N–H and O–H groups in total. The summed E-state index contributed by atoms with van der Waals surface area (Å²) in [5.41, 5.74) is 5.22. The molecule has 0 bridgehead atoms. The van der Waals surface area contributed by atoms with Crippen molar-refractivity contribution in [2.24, 2.45) is 0 Å². The molecule has 4 aromatic rings. The molecule has 12 nitrogen and oxygen atoms in total. The number of nitrogens with zero attached hydrogens (tertiary/aromatic N) is 2. The quantitative estimate of drug-likeness (QED) is 0.0445. The number of pyridine rings is 1. The smallest absolute Gasteiger partial charge is 0.328 e. The summed E-state index contributed by atoms with van der Waals surface area (Å²) in [4.78, 5) is 37.4. The van der Waals surface area contributed by atoms with Crippen LogP contribution in [-0.2, 0) is 22.7 Å². The van der Waals surface area contributed by atoms with Gasteiger partial charge in [-0.2, -0.15) is 0 Å². The number of carboxylic acid groups (broad SMARTS) is 1. The standard InChI is InChI=1S/C31H30N4O8/c36-28(34-40)5-1-2-15-43-27-12-11-22(21-9-6-20(7-10-21)8-13-29(37)38)16-23(27)18-32-19-24-17-26(35(41)42)25-4-3-14-33-30(25)31(24)39/h3-4,6-14,16-17,32,39-40H,1-2,5,15,18-19H2,(H,34,36)(H,37,38)/b13-8+. The highest BCUT2D eigenvalue weighted by atomic mass is 16.6. The zero-order valence-corrected chi connectivity index (χ0v) is 23.0. The fourth-order valence-electron chi connectivity index (χ4n) is 4.50. The lowest BCUT2D eigenvalue weighted by Gasteiger charge is -2.15. The zero-order valence-electron chi connectivity index (χ0n) is 23.0. The number of phenolic OH excluding ortho intramolecular Hbond substituents is 1. The number of benzene rings is 3. The second-order valence-corrected chi connectivity index (χ2v) is 9.62. The number of nitro groups is 1. The summed E-state index contributed by atoms with van der Waals surface area (Å²) in [6, 6.07) is 17.5. The van der Waals surface area contributed by atoms with Crippen molar-refractivity contribution >= 4 is 34.5 Å². The van der Waals surface area contributed by atoms with Crippen molar-refractivity contribution in [2.45, 2.75) is 32.4 Å². The lowest BCUT2D eigenvalue weighted by atomic mass is 10.0. The van der Waals surface area contributed by atoms with Crippen molar-refractivity contribution in [2.75, 3.05) is 6.61 Å². The predicted molar refractivity (Wildman–Crippen MR) is 158 cm³/mol. The average molecular weight is 587 g/mol. The number of aliphatic carboxylic acids is 1. The SMILES string of the molecule is O=C(O)/C=C/c1ccc(-c2ccc(OCCCCC(=O)NO)c(CNCc3cc([N+](=O)[O-])c4cccnc4c3O)c2)cc1. The van der Waals surface area contributed by atoms with Gasteiger partial charge in [-0.1, -0.05) is 30.3 Å². The molecule has 0 fully saturated rings. The van der Waals surface area contributed by atoms with E-state index in [1.165, 1.54) is 24.4 Å². The number of nitro benzene ring substituents is 1. The summed E-state index contributed by atoms with van der Waals surface area (Å²) >= 11 is 0. The van der Waals surface area contributed by atoms with E-state index in [1.807, 2.05) is 42.5 Å². The van der Waals surface area contributed by atoms with Crippen molar-refractivity contribution in [3.05, 3.63) is 99.7 Å². The van der Waals surface area contributed by atoms with Crippen LogP contribution >= 0.6 is 0 Å². The van der Waals surface area contributed by atoms with Gasteiger partial charge in [-0.05, 0) is 59.9 Å². The van der Waals surface area contributed by atoms with Gasteiger partial charge in [-0.15, -0.1) is 0 Å². The van der Waals surface area contributed by atoms with Crippen LogP contribution in [0.3, 0.4) is 0 Å². The molecule has 1 aromatic heterocycles. The molecule has 0 unspecified atom stereocenters. The Morgan fingerprint density at radius 2 is 1.74 bits per heavy atom. The molecule has 4 rings (SSSR count). The Hall–Kier alpha value is -5.33. The Kier molecular flexibility index (Phi) is 10.3.